The van der Waals surface area contributed by atoms with E-state index in [9.17, 15) is 9.18 Å². The van der Waals surface area contributed by atoms with Gasteiger partial charge >= 0.3 is 0 Å². The van der Waals surface area contributed by atoms with Gasteiger partial charge in [-0.3, -0.25) is 9.20 Å². The molecule has 0 saturated carbocycles. The van der Waals surface area contributed by atoms with Gasteiger partial charge in [-0.15, -0.1) is 21.5 Å². The number of carbonyl (C=O) groups is 1. The van der Waals surface area contributed by atoms with Crippen LogP contribution in [0.3, 0.4) is 0 Å². The molecule has 142 valence electrons. The fourth-order valence-corrected chi connectivity index (χ4v) is 5.81. The van der Waals surface area contributed by atoms with Crippen LogP contribution < -0.4 is 0 Å². The number of Topliss-reactive ketones (excluding diaryl/α,β-unsaturated/α-hetero) is 1. The van der Waals surface area contributed by atoms with Gasteiger partial charge in [0.25, 0.3) is 0 Å². The third kappa shape index (κ3) is 3.00. The molecule has 1 aliphatic carbocycles. The van der Waals surface area contributed by atoms with Crippen LogP contribution in [0.5, 0.6) is 0 Å². The third-order valence-electron chi connectivity index (χ3n) is 5.17. The van der Waals surface area contributed by atoms with E-state index in [4.69, 9.17) is 0 Å². The van der Waals surface area contributed by atoms with E-state index in [-0.39, 0.29) is 17.4 Å². The molecule has 3 aromatic heterocycles. The van der Waals surface area contributed by atoms with Crippen molar-refractivity contribution < 1.29 is 9.18 Å². The second kappa shape index (κ2) is 6.93. The molecule has 0 aliphatic heterocycles. The molecule has 8 heteroatoms. The lowest BCUT2D eigenvalue weighted by atomic mass is 9.89. The van der Waals surface area contributed by atoms with Crippen molar-refractivity contribution in [2.75, 3.05) is 5.75 Å². The minimum absolute atomic E-state index is 0.0716. The fraction of sp³-hybridized carbons (Fsp3) is 0.300. The van der Waals surface area contributed by atoms with E-state index in [1.165, 1.54) is 52.9 Å². The van der Waals surface area contributed by atoms with Crippen molar-refractivity contribution in [3.8, 4) is 0 Å². The predicted molar refractivity (Wildman–Crippen MR) is 109 cm³/mol. The van der Waals surface area contributed by atoms with Crippen LogP contribution >= 0.6 is 23.1 Å². The van der Waals surface area contributed by atoms with Gasteiger partial charge in [0.15, 0.2) is 16.6 Å². The number of aromatic nitrogens is 4. The first-order chi connectivity index (χ1) is 13.6. The second-order valence-corrected chi connectivity index (χ2v) is 9.20. The number of aryl methyl sites for hydroxylation is 1. The minimum Gasteiger partial charge on any atom is -0.293 e. The molecule has 0 saturated heterocycles. The van der Waals surface area contributed by atoms with Gasteiger partial charge in [0.2, 0.25) is 0 Å². The number of hydrogen-bond donors (Lipinski definition) is 0. The van der Waals surface area contributed by atoms with Gasteiger partial charge in [-0.1, -0.05) is 18.7 Å². The monoisotopic (exact) mass is 412 g/mol. The Balaban J connectivity index is 1.45. The van der Waals surface area contributed by atoms with Crippen LogP contribution in [0.2, 0.25) is 0 Å². The van der Waals surface area contributed by atoms with E-state index in [0.717, 1.165) is 28.7 Å². The van der Waals surface area contributed by atoms with Gasteiger partial charge in [0.05, 0.1) is 11.1 Å². The molecule has 0 spiro atoms. The number of ketones is 1. The van der Waals surface area contributed by atoms with E-state index in [1.807, 2.05) is 4.40 Å². The maximum atomic E-state index is 13.0. The van der Waals surface area contributed by atoms with Gasteiger partial charge in [0, 0.05) is 10.4 Å². The molecular weight excluding hydrogens is 395 g/mol. The molecule has 1 aliphatic rings. The lowest BCUT2D eigenvalue weighted by Crippen LogP contribution is -2.08. The Kier molecular flexibility index (Phi) is 4.40. The largest absolute Gasteiger partial charge is 0.293 e. The second-order valence-electron chi connectivity index (χ2n) is 7.17. The number of hydrogen-bond acceptors (Lipinski definition) is 6. The Bertz CT molecular complexity index is 1200. The molecule has 1 unspecified atom stereocenters. The van der Waals surface area contributed by atoms with Crippen LogP contribution in [-0.2, 0) is 12.8 Å². The van der Waals surface area contributed by atoms with Gasteiger partial charge in [-0.05, 0) is 55.0 Å². The molecule has 1 atom stereocenters. The quantitative estimate of drug-likeness (QED) is 0.363. The van der Waals surface area contributed by atoms with Crippen molar-refractivity contribution in [1.82, 2.24) is 19.6 Å². The van der Waals surface area contributed by atoms with Gasteiger partial charge in [-0.25, -0.2) is 9.37 Å². The van der Waals surface area contributed by atoms with E-state index in [2.05, 4.69) is 22.1 Å². The Hall–Kier alpha value is -2.32. The molecule has 4 aromatic rings. The zero-order chi connectivity index (χ0) is 19.3. The lowest BCUT2D eigenvalue weighted by Gasteiger charge is -2.17. The number of thioether (sulfide) groups is 1. The predicted octanol–water partition coefficient (Wildman–Crippen LogP) is 4.58. The average molecular weight is 413 g/mol. The van der Waals surface area contributed by atoms with Crippen LogP contribution in [0, 0.1) is 11.7 Å². The number of thiophene rings is 1. The molecule has 0 fully saturated rings. The molecule has 0 bridgehead atoms. The molecule has 3 heterocycles. The maximum Gasteiger partial charge on any atom is 0.197 e. The highest BCUT2D eigenvalue weighted by Crippen LogP contribution is 2.39. The lowest BCUT2D eigenvalue weighted by molar-refractivity contribution is 0.102. The summed E-state index contributed by atoms with van der Waals surface area (Å²) in [6, 6.07) is 5.60. The zero-order valence-electron chi connectivity index (χ0n) is 15.2. The van der Waals surface area contributed by atoms with Gasteiger partial charge in [-0.2, -0.15) is 0 Å². The summed E-state index contributed by atoms with van der Waals surface area (Å²) in [5.74, 6) is 0.496. The minimum atomic E-state index is -0.351. The van der Waals surface area contributed by atoms with Crippen molar-refractivity contribution >= 4 is 44.7 Å². The number of benzene rings is 1. The standard InChI is InChI=1S/C20H17FN4OS2/c1-11-2-7-14-16(8-11)28-19-17(14)18-23-24-20(25(18)10-22-19)27-9-15(26)12-3-5-13(21)6-4-12/h3-6,10-11H,2,7-9H2,1H3. The zero-order valence-corrected chi connectivity index (χ0v) is 16.8. The highest BCUT2D eigenvalue weighted by atomic mass is 32.2. The van der Waals surface area contributed by atoms with Crippen LogP contribution in [0.4, 0.5) is 4.39 Å². The summed E-state index contributed by atoms with van der Waals surface area (Å²) in [6.07, 6.45) is 5.08. The highest BCUT2D eigenvalue weighted by Gasteiger charge is 2.24. The van der Waals surface area contributed by atoms with Gasteiger partial charge in [0.1, 0.15) is 17.0 Å². The summed E-state index contributed by atoms with van der Waals surface area (Å²) in [5, 5.41) is 10.5. The molecular formula is C20H17FN4OS2. The number of halogens is 1. The summed E-state index contributed by atoms with van der Waals surface area (Å²) in [4.78, 5) is 19.4. The van der Waals surface area contributed by atoms with Crippen molar-refractivity contribution in [3.63, 3.8) is 0 Å². The first-order valence-corrected chi connectivity index (χ1v) is 11.0. The van der Waals surface area contributed by atoms with Crippen LogP contribution in [0.15, 0.2) is 35.7 Å². The highest BCUT2D eigenvalue weighted by molar-refractivity contribution is 7.99. The smallest absolute Gasteiger partial charge is 0.197 e. The molecule has 28 heavy (non-hydrogen) atoms. The maximum absolute atomic E-state index is 13.0. The number of nitrogens with zero attached hydrogens (tertiary/aromatic N) is 4. The Morgan fingerprint density at radius 1 is 1.32 bits per heavy atom. The van der Waals surface area contributed by atoms with Crippen LogP contribution in [0.1, 0.15) is 34.1 Å². The van der Waals surface area contributed by atoms with Crippen LogP contribution in [0.25, 0.3) is 15.9 Å². The summed E-state index contributed by atoms with van der Waals surface area (Å²) < 4.78 is 14.9. The van der Waals surface area contributed by atoms with E-state index < -0.39 is 0 Å². The van der Waals surface area contributed by atoms with E-state index >= 15 is 0 Å². The first kappa shape index (κ1) is 17.8. The molecule has 0 radical (unpaired) electrons. The van der Waals surface area contributed by atoms with Crippen LogP contribution in [-0.4, -0.2) is 31.1 Å². The summed E-state index contributed by atoms with van der Waals surface area (Å²) in [7, 11) is 0. The molecule has 0 N–H and O–H groups in total. The Morgan fingerprint density at radius 2 is 2.14 bits per heavy atom. The molecule has 0 amide bonds. The fourth-order valence-electron chi connectivity index (χ4n) is 3.67. The van der Waals surface area contributed by atoms with Gasteiger partial charge < -0.3 is 0 Å². The molecule has 1 aromatic carbocycles. The van der Waals surface area contributed by atoms with E-state index in [0.29, 0.717) is 16.6 Å². The number of fused-ring (bicyclic) bond motifs is 5. The average Bonchev–Trinajstić information content (AvgIpc) is 3.26. The molecule has 5 rings (SSSR count). The number of rotatable bonds is 4. The SMILES string of the molecule is CC1CCc2c(sc3ncn4c(SCC(=O)c5ccc(F)cc5)nnc4c23)C1. The Labute approximate surface area is 169 Å². The van der Waals surface area contributed by atoms with Crippen molar-refractivity contribution in [2.45, 2.75) is 31.3 Å². The topological polar surface area (TPSA) is 60.2 Å². The third-order valence-corrected chi connectivity index (χ3v) is 7.28. The normalized spacial score (nSPS) is 16.6. The first-order valence-electron chi connectivity index (χ1n) is 9.15. The number of carbonyl (C=O) groups excluding carboxylic acids is 1. The molecule has 5 nitrogen and oxygen atoms in total. The van der Waals surface area contributed by atoms with Crippen molar-refractivity contribution in [2.24, 2.45) is 5.92 Å². The summed E-state index contributed by atoms with van der Waals surface area (Å²) in [5.41, 5.74) is 2.67. The summed E-state index contributed by atoms with van der Waals surface area (Å²) in [6.45, 7) is 2.29. The van der Waals surface area contributed by atoms with E-state index in [1.54, 1.807) is 17.7 Å². The Morgan fingerprint density at radius 3 is 2.96 bits per heavy atom. The summed E-state index contributed by atoms with van der Waals surface area (Å²) >= 11 is 3.08. The van der Waals surface area contributed by atoms with Crippen molar-refractivity contribution in [1.29, 1.82) is 0 Å². The van der Waals surface area contributed by atoms with Crippen molar-refractivity contribution in [3.05, 3.63) is 52.4 Å².